The summed E-state index contributed by atoms with van der Waals surface area (Å²) < 4.78 is 7.38. The molecule has 1 aliphatic heterocycles. The van der Waals surface area contributed by atoms with Crippen molar-refractivity contribution in [2.75, 3.05) is 38.2 Å². The lowest BCUT2D eigenvalue weighted by molar-refractivity contribution is 0.246. The third-order valence-electron chi connectivity index (χ3n) is 5.66. The van der Waals surface area contributed by atoms with Crippen LogP contribution in [0.4, 0.5) is 5.69 Å². The third kappa shape index (κ3) is 3.96. The van der Waals surface area contributed by atoms with Gasteiger partial charge in [0.25, 0.3) is 5.56 Å². The molecular formula is C22H22BrN5O3. The van der Waals surface area contributed by atoms with Crippen LogP contribution in [0, 0.1) is 11.3 Å². The molecule has 2 aromatic heterocycles. The molecule has 0 amide bonds. The average molecular weight is 484 g/mol. The summed E-state index contributed by atoms with van der Waals surface area (Å²) in [4.78, 5) is 21.7. The highest BCUT2D eigenvalue weighted by molar-refractivity contribution is 9.10. The maximum Gasteiger partial charge on any atom is 0.270 e. The van der Waals surface area contributed by atoms with Crippen LogP contribution < -0.4 is 15.2 Å². The highest BCUT2D eigenvalue weighted by atomic mass is 79.9. The van der Waals surface area contributed by atoms with Gasteiger partial charge in [0, 0.05) is 45.3 Å². The molecule has 0 aliphatic carbocycles. The number of aryl methyl sites for hydroxylation is 1. The first kappa shape index (κ1) is 21.2. The Morgan fingerprint density at radius 3 is 2.65 bits per heavy atom. The third-order valence-corrected chi connectivity index (χ3v) is 6.10. The number of anilines is 1. The zero-order valence-corrected chi connectivity index (χ0v) is 18.9. The minimum atomic E-state index is -0.321. The van der Waals surface area contributed by atoms with E-state index in [1.165, 1.54) is 4.57 Å². The monoisotopic (exact) mass is 483 g/mol. The van der Waals surface area contributed by atoms with Crippen LogP contribution in [-0.4, -0.2) is 52.8 Å². The lowest BCUT2D eigenvalue weighted by Crippen LogP contribution is -2.47. The summed E-state index contributed by atoms with van der Waals surface area (Å²) in [6, 6.07) is 10.9. The van der Waals surface area contributed by atoms with Crippen molar-refractivity contribution >= 4 is 32.7 Å². The number of nitrogens with zero attached hydrogens (tertiary/aromatic N) is 5. The molecule has 0 saturated carbocycles. The SMILES string of the molecule is COc1ccc(O)c(CN2CCN(c3c(C#N)c(=O)n(C)c4ccc(Br)nc34)CC2)c1. The largest absolute Gasteiger partial charge is 0.508 e. The summed E-state index contributed by atoms with van der Waals surface area (Å²) >= 11 is 3.40. The zero-order valence-electron chi connectivity index (χ0n) is 17.3. The van der Waals surface area contributed by atoms with Crippen molar-refractivity contribution in [2.24, 2.45) is 7.05 Å². The molecular weight excluding hydrogens is 462 g/mol. The second kappa shape index (κ2) is 8.57. The van der Waals surface area contributed by atoms with E-state index in [9.17, 15) is 15.2 Å². The number of piperazine rings is 1. The van der Waals surface area contributed by atoms with Gasteiger partial charge in [0.05, 0.1) is 18.3 Å². The first-order chi connectivity index (χ1) is 14.9. The molecule has 9 heteroatoms. The topological polar surface area (TPSA) is 94.6 Å². The number of nitriles is 1. The number of fused-ring (bicyclic) bond motifs is 1. The number of hydrogen-bond donors (Lipinski definition) is 1. The van der Waals surface area contributed by atoms with Crippen molar-refractivity contribution in [3.63, 3.8) is 0 Å². The molecule has 0 radical (unpaired) electrons. The zero-order chi connectivity index (χ0) is 22.1. The summed E-state index contributed by atoms with van der Waals surface area (Å²) in [7, 11) is 3.26. The van der Waals surface area contributed by atoms with E-state index in [1.807, 2.05) is 12.1 Å². The molecule has 1 aliphatic rings. The summed E-state index contributed by atoms with van der Waals surface area (Å²) in [5.74, 6) is 0.940. The lowest BCUT2D eigenvalue weighted by atomic mass is 10.1. The Bertz CT molecular complexity index is 1240. The molecule has 0 atom stereocenters. The minimum Gasteiger partial charge on any atom is -0.508 e. The molecule has 31 heavy (non-hydrogen) atoms. The fraction of sp³-hybridized carbons (Fsp3) is 0.318. The summed E-state index contributed by atoms with van der Waals surface area (Å²) in [5, 5.41) is 19.9. The Morgan fingerprint density at radius 1 is 1.23 bits per heavy atom. The van der Waals surface area contributed by atoms with Crippen LogP contribution in [0.3, 0.4) is 0 Å². The standard InChI is InChI=1S/C22H22BrN5O3/c1-26-17-4-6-19(23)25-20(17)21(16(12-24)22(26)30)28-9-7-27(8-10-28)13-14-11-15(31-2)3-5-18(14)29/h3-6,11,29H,7-10,13H2,1-2H3. The lowest BCUT2D eigenvalue weighted by Gasteiger charge is -2.36. The predicted octanol–water partition coefficient (Wildman–Crippen LogP) is 2.60. The van der Waals surface area contributed by atoms with E-state index >= 15 is 0 Å². The smallest absolute Gasteiger partial charge is 0.270 e. The van der Waals surface area contributed by atoms with Gasteiger partial charge in [-0.2, -0.15) is 5.26 Å². The van der Waals surface area contributed by atoms with Crippen molar-refractivity contribution in [2.45, 2.75) is 6.54 Å². The number of aromatic hydroxyl groups is 1. The van der Waals surface area contributed by atoms with E-state index < -0.39 is 0 Å². The molecule has 1 fully saturated rings. The molecule has 1 aromatic carbocycles. The van der Waals surface area contributed by atoms with E-state index in [-0.39, 0.29) is 16.9 Å². The Balaban J connectivity index is 1.62. The quantitative estimate of drug-likeness (QED) is 0.569. The fourth-order valence-electron chi connectivity index (χ4n) is 3.96. The van der Waals surface area contributed by atoms with Gasteiger partial charge in [-0.25, -0.2) is 4.98 Å². The molecule has 4 rings (SSSR count). The Hall–Kier alpha value is -3.09. The number of phenolic OH excluding ortho intramolecular Hbond substituents is 1. The van der Waals surface area contributed by atoms with Crippen molar-refractivity contribution in [1.82, 2.24) is 14.5 Å². The van der Waals surface area contributed by atoms with Gasteiger partial charge in [0.15, 0.2) is 0 Å². The predicted molar refractivity (Wildman–Crippen MR) is 122 cm³/mol. The number of benzene rings is 1. The van der Waals surface area contributed by atoms with Gasteiger partial charge in [-0.3, -0.25) is 9.69 Å². The van der Waals surface area contributed by atoms with Gasteiger partial charge in [0.2, 0.25) is 0 Å². The molecule has 0 bridgehead atoms. The summed E-state index contributed by atoms with van der Waals surface area (Å²) in [6.45, 7) is 3.28. The second-order valence-electron chi connectivity index (χ2n) is 7.46. The van der Waals surface area contributed by atoms with Crippen LogP contribution in [0.1, 0.15) is 11.1 Å². The van der Waals surface area contributed by atoms with Gasteiger partial charge < -0.3 is 19.3 Å². The molecule has 160 valence electrons. The first-order valence-corrected chi connectivity index (χ1v) is 10.6. The van der Waals surface area contributed by atoms with E-state index in [1.54, 1.807) is 32.4 Å². The van der Waals surface area contributed by atoms with Crippen LogP contribution in [-0.2, 0) is 13.6 Å². The van der Waals surface area contributed by atoms with Gasteiger partial charge in [-0.1, -0.05) is 0 Å². The molecule has 8 nitrogen and oxygen atoms in total. The molecule has 1 N–H and O–H groups in total. The number of rotatable bonds is 4. The van der Waals surface area contributed by atoms with Crippen molar-refractivity contribution < 1.29 is 9.84 Å². The minimum absolute atomic E-state index is 0.111. The van der Waals surface area contributed by atoms with Gasteiger partial charge in [-0.15, -0.1) is 0 Å². The maximum atomic E-state index is 12.8. The van der Waals surface area contributed by atoms with Crippen LogP contribution in [0.2, 0.25) is 0 Å². The Morgan fingerprint density at radius 2 is 1.97 bits per heavy atom. The summed E-state index contributed by atoms with van der Waals surface area (Å²) in [5.41, 5.74) is 2.50. The molecule has 0 unspecified atom stereocenters. The number of ether oxygens (including phenoxy) is 1. The number of methoxy groups -OCH3 is 1. The van der Waals surface area contributed by atoms with Gasteiger partial charge in [-0.05, 0) is 46.3 Å². The van der Waals surface area contributed by atoms with Crippen LogP contribution in [0.5, 0.6) is 11.5 Å². The Kier molecular flexibility index (Phi) is 5.85. The molecule has 1 saturated heterocycles. The van der Waals surface area contributed by atoms with Crippen molar-refractivity contribution in [3.05, 3.63) is 56.4 Å². The second-order valence-corrected chi connectivity index (χ2v) is 8.27. The van der Waals surface area contributed by atoms with Crippen LogP contribution >= 0.6 is 15.9 Å². The molecule has 3 heterocycles. The van der Waals surface area contributed by atoms with Crippen LogP contribution in [0.25, 0.3) is 11.0 Å². The van der Waals surface area contributed by atoms with Crippen molar-refractivity contribution in [3.8, 4) is 17.6 Å². The highest BCUT2D eigenvalue weighted by Gasteiger charge is 2.25. The first-order valence-electron chi connectivity index (χ1n) is 9.85. The normalized spacial score (nSPS) is 14.6. The molecule has 0 spiro atoms. The van der Waals surface area contributed by atoms with Crippen molar-refractivity contribution in [1.29, 1.82) is 5.26 Å². The molecule has 3 aromatic rings. The number of aromatic nitrogens is 2. The number of phenols is 1. The van der Waals surface area contributed by atoms with Gasteiger partial charge in [0.1, 0.15) is 33.3 Å². The number of pyridine rings is 2. The summed E-state index contributed by atoms with van der Waals surface area (Å²) in [6.07, 6.45) is 0. The van der Waals surface area contributed by atoms with Crippen LogP contribution in [0.15, 0.2) is 39.7 Å². The average Bonchev–Trinajstić information content (AvgIpc) is 2.78. The van der Waals surface area contributed by atoms with Gasteiger partial charge >= 0.3 is 0 Å². The van der Waals surface area contributed by atoms with E-state index in [0.29, 0.717) is 59.8 Å². The van der Waals surface area contributed by atoms with E-state index in [2.05, 4.69) is 36.8 Å². The fourth-order valence-corrected chi connectivity index (χ4v) is 4.27. The number of hydrogen-bond acceptors (Lipinski definition) is 7. The number of halogens is 1. The Labute approximate surface area is 188 Å². The highest BCUT2D eigenvalue weighted by Crippen LogP contribution is 2.30. The maximum absolute atomic E-state index is 12.8. The van der Waals surface area contributed by atoms with E-state index in [4.69, 9.17) is 4.74 Å². The van der Waals surface area contributed by atoms with E-state index in [0.717, 1.165) is 5.56 Å².